The molecule has 0 saturated heterocycles. The third kappa shape index (κ3) is 4.18. The molecular formula is C17H20N4O2. The number of hydrogen-bond acceptors (Lipinski definition) is 5. The molecular weight excluding hydrogens is 292 g/mol. The van der Waals surface area contributed by atoms with Gasteiger partial charge in [-0.15, -0.1) is 0 Å². The molecule has 1 aliphatic rings. The van der Waals surface area contributed by atoms with Crippen molar-refractivity contribution in [2.45, 2.75) is 38.8 Å². The van der Waals surface area contributed by atoms with Crippen LogP contribution in [0, 0.1) is 0 Å². The summed E-state index contributed by atoms with van der Waals surface area (Å²) in [6.45, 7) is 3.95. The molecule has 0 bridgehead atoms. The molecule has 0 radical (unpaired) electrons. The van der Waals surface area contributed by atoms with Gasteiger partial charge in [0.05, 0.1) is 24.2 Å². The van der Waals surface area contributed by atoms with Crippen molar-refractivity contribution in [3.8, 4) is 5.75 Å². The number of nitrogens with zero attached hydrogens (tertiary/aromatic N) is 2. The maximum absolute atomic E-state index is 11.9. The van der Waals surface area contributed by atoms with Gasteiger partial charge in [0, 0.05) is 6.04 Å². The highest BCUT2D eigenvalue weighted by molar-refractivity contribution is 5.92. The Bertz CT molecular complexity index is 681. The normalized spacial score (nSPS) is 13.7. The zero-order chi connectivity index (χ0) is 16.2. The Morgan fingerprint density at radius 3 is 2.65 bits per heavy atom. The van der Waals surface area contributed by atoms with E-state index in [1.54, 1.807) is 6.20 Å². The van der Waals surface area contributed by atoms with E-state index in [-0.39, 0.29) is 12.0 Å². The highest BCUT2D eigenvalue weighted by atomic mass is 16.5. The van der Waals surface area contributed by atoms with Crippen molar-refractivity contribution < 1.29 is 9.53 Å². The minimum atomic E-state index is -0.171. The van der Waals surface area contributed by atoms with E-state index in [4.69, 9.17) is 4.74 Å². The molecule has 1 heterocycles. The fourth-order valence-corrected chi connectivity index (χ4v) is 2.06. The first kappa shape index (κ1) is 15.3. The van der Waals surface area contributed by atoms with Crippen molar-refractivity contribution in [3.05, 3.63) is 42.4 Å². The van der Waals surface area contributed by atoms with Crippen molar-refractivity contribution in [1.82, 2.24) is 15.3 Å². The molecule has 1 amide bonds. The van der Waals surface area contributed by atoms with Crippen LogP contribution in [0.1, 0.15) is 37.2 Å². The summed E-state index contributed by atoms with van der Waals surface area (Å²) >= 11 is 0. The third-order valence-electron chi connectivity index (χ3n) is 3.31. The fourth-order valence-electron chi connectivity index (χ4n) is 2.06. The van der Waals surface area contributed by atoms with Crippen LogP contribution in [0.5, 0.6) is 5.75 Å². The number of hydrogen-bond donors (Lipinski definition) is 2. The van der Waals surface area contributed by atoms with Crippen molar-refractivity contribution in [3.63, 3.8) is 0 Å². The highest BCUT2D eigenvalue weighted by Gasteiger charge is 2.24. The second-order valence-corrected chi connectivity index (χ2v) is 5.82. The van der Waals surface area contributed by atoms with Crippen molar-refractivity contribution >= 4 is 17.4 Å². The number of rotatable bonds is 6. The van der Waals surface area contributed by atoms with Crippen LogP contribution in [0.15, 0.2) is 36.7 Å². The van der Waals surface area contributed by atoms with Crippen LogP contribution in [0.25, 0.3) is 0 Å². The smallest absolute Gasteiger partial charge is 0.271 e. The van der Waals surface area contributed by atoms with E-state index in [9.17, 15) is 4.79 Å². The number of carbonyl (C=O) groups is 1. The molecule has 0 atom stereocenters. The van der Waals surface area contributed by atoms with E-state index in [1.165, 1.54) is 6.20 Å². The van der Waals surface area contributed by atoms with Gasteiger partial charge in [-0.3, -0.25) is 4.79 Å². The molecule has 3 rings (SSSR count). The Balaban J connectivity index is 1.69. The first-order chi connectivity index (χ1) is 11.1. The molecule has 2 N–H and O–H groups in total. The Morgan fingerprint density at radius 2 is 2.00 bits per heavy atom. The summed E-state index contributed by atoms with van der Waals surface area (Å²) in [5.74, 6) is 1.14. The van der Waals surface area contributed by atoms with E-state index in [0.29, 0.717) is 17.6 Å². The maximum Gasteiger partial charge on any atom is 0.271 e. The Kier molecular flexibility index (Phi) is 4.41. The lowest BCUT2D eigenvalue weighted by Crippen LogP contribution is -2.26. The van der Waals surface area contributed by atoms with E-state index >= 15 is 0 Å². The first-order valence-electron chi connectivity index (χ1n) is 7.77. The van der Waals surface area contributed by atoms with Gasteiger partial charge in [0.1, 0.15) is 17.3 Å². The molecule has 6 heteroatoms. The molecule has 0 spiro atoms. The van der Waals surface area contributed by atoms with E-state index < -0.39 is 0 Å². The van der Waals surface area contributed by atoms with Crippen LogP contribution in [0.3, 0.4) is 0 Å². The molecule has 1 aromatic carbocycles. The molecule has 23 heavy (non-hydrogen) atoms. The Morgan fingerprint density at radius 1 is 1.22 bits per heavy atom. The summed E-state index contributed by atoms with van der Waals surface area (Å²) in [7, 11) is 0. The summed E-state index contributed by atoms with van der Waals surface area (Å²) in [5, 5.41) is 6.05. The predicted molar refractivity (Wildman–Crippen MR) is 88.0 cm³/mol. The topological polar surface area (TPSA) is 76.1 Å². The zero-order valence-corrected chi connectivity index (χ0v) is 13.2. The second-order valence-electron chi connectivity index (χ2n) is 5.82. The summed E-state index contributed by atoms with van der Waals surface area (Å²) in [6, 6.07) is 7.95. The molecule has 0 unspecified atom stereocenters. The first-order valence-corrected chi connectivity index (χ1v) is 7.77. The van der Waals surface area contributed by atoms with Crippen LogP contribution >= 0.6 is 0 Å². The molecule has 1 aliphatic carbocycles. The molecule has 2 aromatic rings. The number of benzene rings is 1. The van der Waals surface area contributed by atoms with Gasteiger partial charge >= 0.3 is 0 Å². The van der Waals surface area contributed by atoms with Gasteiger partial charge in [0.15, 0.2) is 0 Å². The highest BCUT2D eigenvalue weighted by Crippen LogP contribution is 2.27. The number of carbonyl (C=O) groups excluding carboxylic acids is 1. The summed E-state index contributed by atoms with van der Waals surface area (Å²) in [5.41, 5.74) is 1.14. The standard InChI is InChI=1S/C17H20N4O2/c1-11(2)23-15-6-4-3-5-13(15)21-16-10-18-14(9-19-16)17(22)20-12-7-8-12/h3-6,9-12H,7-8H2,1-2H3,(H,19,21)(H,20,22). The predicted octanol–water partition coefficient (Wildman–Crippen LogP) is 2.90. The summed E-state index contributed by atoms with van der Waals surface area (Å²) < 4.78 is 5.76. The van der Waals surface area contributed by atoms with Gasteiger partial charge in [-0.25, -0.2) is 9.97 Å². The molecule has 0 aliphatic heterocycles. The summed E-state index contributed by atoms with van der Waals surface area (Å²) in [6.07, 6.45) is 5.20. The van der Waals surface area contributed by atoms with Crippen molar-refractivity contribution in [2.24, 2.45) is 0 Å². The van der Waals surface area contributed by atoms with E-state index in [1.807, 2.05) is 38.1 Å². The lowest BCUT2D eigenvalue weighted by atomic mass is 10.3. The summed E-state index contributed by atoms with van der Waals surface area (Å²) in [4.78, 5) is 20.3. The molecule has 1 aromatic heterocycles. The van der Waals surface area contributed by atoms with Crippen LogP contribution in [0.4, 0.5) is 11.5 Å². The lowest BCUT2D eigenvalue weighted by molar-refractivity contribution is 0.0945. The SMILES string of the molecule is CC(C)Oc1ccccc1Nc1cnc(C(=O)NC2CC2)cn1. The quantitative estimate of drug-likeness (QED) is 0.857. The van der Waals surface area contributed by atoms with Gasteiger partial charge in [0.25, 0.3) is 5.91 Å². The van der Waals surface area contributed by atoms with Crippen molar-refractivity contribution in [2.75, 3.05) is 5.32 Å². The fraction of sp³-hybridized carbons (Fsp3) is 0.353. The number of aromatic nitrogens is 2. The number of para-hydroxylation sites is 2. The minimum absolute atomic E-state index is 0.0810. The largest absolute Gasteiger partial charge is 0.489 e. The van der Waals surface area contributed by atoms with E-state index in [0.717, 1.165) is 24.3 Å². The van der Waals surface area contributed by atoms with Crippen LogP contribution in [0.2, 0.25) is 0 Å². The van der Waals surface area contributed by atoms with Crippen LogP contribution in [-0.4, -0.2) is 28.0 Å². The molecule has 120 valence electrons. The van der Waals surface area contributed by atoms with Crippen molar-refractivity contribution in [1.29, 1.82) is 0 Å². The average Bonchev–Trinajstić information content (AvgIpc) is 3.33. The third-order valence-corrected chi connectivity index (χ3v) is 3.31. The van der Waals surface area contributed by atoms with Crippen LogP contribution in [-0.2, 0) is 0 Å². The van der Waals surface area contributed by atoms with Crippen LogP contribution < -0.4 is 15.4 Å². The average molecular weight is 312 g/mol. The number of anilines is 2. The maximum atomic E-state index is 11.9. The molecule has 6 nitrogen and oxygen atoms in total. The number of nitrogens with one attached hydrogen (secondary N) is 2. The van der Waals surface area contributed by atoms with Gasteiger partial charge < -0.3 is 15.4 Å². The van der Waals surface area contributed by atoms with Gasteiger partial charge in [-0.2, -0.15) is 0 Å². The zero-order valence-electron chi connectivity index (χ0n) is 13.2. The Labute approximate surface area is 135 Å². The number of ether oxygens (including phenoxy) is 1. The Hall–Kier alpha value is -2.63. The lowest BCUT2D eigenvalue weighted by Gasteiger charge is -2.15. The molecule has 1 saturated carbocycles. The minimum Gasteiger partial charge on any atom is -0.489 e. The molecule has 1 fully saturated rings. The van der Waals surface area contributed by atoms with Gasteiger partial charge in [0.2, 0.25) is 0 Å². The number of amides is 1. The van der Waals surface area contributed by atoms with Gasteiger partial charge in [-0.1, -0.05) is 12.1 Å². The second kappa shape index (κ2) is 6.64. The van der Waals surface area contributed by atoms with Gasteiger partial charge in [-0.05, 0) is 38.8 Å². The van der Waals surface area contributed by atoms with E-state index in [2.05, 4.69) is 20.6 Å². The monoisotopic (exact) mass is 312 g/mol.